The van der Waals surface area contributed by atoms with E-state index in [1.807, 2.05) is 9.80 Å². The van der Waals surface area contributed by atoms with Crippen LogP contribution in [-0.2, 0) is 71.9 Å². The second kappa shape index (κ2) is 71.4. The Hall–Kier alpha value is -3.21. The Morgan fingerprint density at radius 2 is 0.365 bits per heavy atom. The van der Waals surface area contributed by atoms with Gasteiger partial charge in [0, 0.05) is 248 Å². The number of aliphatic hydroxyl groups excluding tert-OH is 4. The molecular weight excluding hydrogens is 2280 g/mol. The molecule has 0 aromatic heterocycles. The van der Waals surface area contributed by atoms with Gasteiger partial charge >= 0.3 is 230 Å². The fourth-order valence-electron chi connectivity index (χ4n) is 14.6. The van der Waals surface area contributed by atoms with Gasteiger partial charge in [-0.2, -0.15) is 0 Å². The normalized spacial score (nSPS) is 19.6. The quantitative estimate of drug-likeness (QED) is 0.0269. The zero-order chi connectivity index (χ0) is 90.8. The van der Waals surface area contributed by atoms with Crippen molar-refractivity contribution in [3.8, 4) is 0 Å². The van der Waals surface area contributed by atoms with Gasteiger partial charge in [0.05, 0.1) is 117 Å². The second-order valence-electron chi connectivity index (χ2n) is 30.4. The number of ether oxygens (including phenoxy) is 1. The summed E-state index contributed by atoms with van der Waals surface area (Å²) in [5.41, 5.74) is 0. The Bertz CT molecular complexity index is 2930. The standard InChI is InChI=1S/C38H67N9O18.C34H63N9O14.4Dy/c48-25-29(45-13-9-41(21-34(55)56)5-1-39(19-32(51)52)2-6-42(10-14-45)22-35(57)58)17-47(31(50)27-65-28-38(63)64)18-30(26-49)46-15-11-43(23-36(59)60)7-3-40(20-33(53)54)4-8-44(12-16-46)24-37(61)62;44-25-27(42-13-9-38(21-31(50)51)5-1-36(19-29(46)47)2-6-39(10-14-42)22-32(52)53)17-35-18-28(26-45)43-15-11-40(23-33(54)55)7-3-37(20-30(48)49)4-8-41(12-16-43)24-34(56)57;;;;/h29-30,48-49H,1-28H2,(H,51,52)(H,53,54)(H,55,56)(H,57,58)(H,59,60)(H,61,62)(H,63,64);27-28,35,44-45H,1-26H2,(H,46,47)(H,48,49)(H,50,51)(H,52,53)(H,54,55)(H,56,57);;;;/q;;4*+3. The molecule has 4 saturated heterocycles. The molecule has 0 bridgehead atoms. The van der Waals surface area contributed by atoms with Crippen molar-refractivity contribution in [2.45, 2.75) is 24.2 Å². The first kappa shape index (κ1) is 125. The first-order valence-electron chi connectivity index (χ1n) is 40.3. The van der Waals surface area contributed by atoms with Crippen LogP contribution in [0, 0.1) is 153 Å². The SMILES string of the molecule is O=C(O)CN1CCN(CC(=O)O)CCN(C(CO)CNCC(CO)N2CCN(CC(=O)O)CCN(CC(=O)O)CCN(CC(=O)O)CC2)CCN(CC(=O)O)CC1.O=C(O)COCC(=O)N(CC(CO)N1CCN(CC(=O)O)CCN(CC(=O)O)CCN(CC(=O)O)CC1)CC(CO)N1CCN(CC(=O)O)CCN(CC(=O)O)CCN(CC(=O)O)CC1.[Dy+3].[Dy+3].[Dy+3].[Dy+3]. The van der Waals surface area contributed by atoms with Crippen molar-refractivity contribution in [2.75, 3.05) is 354 Å². The largest absolute Gasteiger partial charge is 3.00 e. The van der Waals surface area contributed by atoms with E-state index in [1.165, 1.54) is 4.90 Å². The molecule has 4 aliphatic rings. The minimum Gasteiger partial charge on any atom is -0.480 e. The molecule has 4 radical (unpaired) electrons. The van der Waals surface area contributed by atoms with E-state index in [0.717, 1.165) is 0 Å². The van der Waals surface area contributed by atoms with E-state index in [-0.39, 0.29) is 428 Å². The summed E-state index contributed by atoms with van der Waals surface area (Å²) in [6.45, 7) is -1.33. The van der Waals surface area contributed by atoms with Gasteiger partial charge in [0.1, 0.15) is 13.2 Å². The van der Waals surface area contributed by atoms with Crippen LogP contribution in [0.5, 0.6) is 0 Å². The summed E-state index contributed by atoms with van der Waals surface area (Å²) in [4.78, 5) is 194. The number of nitrogens with zero attached hydrogens (tertiary/aromatic N) is 17. The van der Waals surface area contributed by atoms with Crippen molar-refractivity contribution in [1.82, 2.24) is 88.6 Å². The molecule has 4 fully saturated rings. The monoisotopic (exact) mass is 2410 g/mol. The summed E-state index contributed by atoms with van der Waals surface area (Å²) in [6.07, 6.45) is 0. The third-order valence-corrected chi connectivity index (χ3v) is 21.1. The average Bonchev–Trinajstić information content (AvgIpc) is 0.847. The molecule has 0 spiro atoms. The third-order valence-electron chi connectivity index (χ3n) is 21.1. The number of amides is 1. The van der Waals surface area contributed by atoms with Crippen LogP contribution in [-0.4, -0.2) is 632 Å². The molecule has 4 heterocycles. The Kier molecular flexibility index (Phi) is 70.7. The number of hydrogen-bond donors (Lipinski definition) is 18. The van der Waals surface area contributed by atoms with E-state index in [1.54, 1.807) is 68.6 Å². The molecular formula is C72H130Dy4N18O32+12. The first-order chi connectivity index (χ1) is 57.8. The van der Waals surface area contributed by atoms with Crippen molar-refractivity contribution >= 4 is 83.5 Å². The van der Waals surface area contributed by atoms with E-state index in [9.17, 15) is 154 Å². The third kappa shape index (κ3) is 58.1. The molecule has 728 valence electrons. The number of aliphatic carboxylic acids is 13. The average molecular weight is 2410 g/mol. The second-order valence-corrected chi connectivity index (χ2v) is 30.4. The minimum absolute atomic E-state index is 0. The van der Waals surface area contributed by atoms with Crippen molar-refractivity contribution in [3.05, 3.63) is 0 Å². The zero-order valence-electron chi connectivity index (χ0n) is 70.6. The predicted octanol–water partition coefficient (Wildman–Crippen LogP) is -12.2. The van der Waals surface area contributed by atoms with Gasteiger partial charge in [0.15, 0.2) is 0 Å². The summed E-state index contributed by atoms with van der Waals surface area (Å²) in [7, 11) is 0. The molecule has 0 aromatic carbocycles. The van der Waals surface area contributed by atoms with Crippen LogP contribution in [0.3, 0.4) is 0 Å². The van der Waals surface area contributed by atoms with Gasteiger partial charge in [0.2, 0.25) is 5.91 Å². The van der Waals surface area contributed by atoms with E-state index in [2.05, 4.69) is 5.32 Å². The van der Waals surface area contributed by atoms with Crippen molar-refractivity contribution < 1.29 is 311 Å². The molecule has 18 N–H and O–H groups in total. The van der Waals surface area contributed by atoms with Crippen LogP contribution in [0.2, 0.25) is 0 Å². The van der Waals surface area contributed by atoms with Gasteiger partial charge in [-0.15, -0.1) is 0 Å². The fourth-order valence-corrected chi connectivity index (χ4v) is 14.6. The number of carbonyl (C=O) groups is 14. The summed E-state index contributed by atoms with van der Waals surface area (Å²) < 4.78 is 5.14. The molecule has 50 nitrogen and oxygen atoms in total. The molecule has 0 saturated carbocycles. The van der Waals surface area contributed by atoms with Crippen LogP contribution >= 0.6 is 0 Å². The van der Waals surface area contributed by atoms with Crippen LogP contribution in [0.15, 0.2) is 0 Å². The molecule has 0 aromatic rings. The van der Waals surface area contributed by atoms with E-state index < -0.39 is 160 Å². The number of rotatable bonds is 44. The van der Waals surface area contributed by atoms with Crippen LogP contribution in [0.1, 0.15) is 0 Å². The smallest absolute Gasteiger partial charge is 0.480 e. The zero-order valence-corrected chi connectivity index (χ0v) is 78.7. The summed E-state index contributed by atoms with van der Waals surface area (Å²) >= 11 is 0. The number of hydrogen-bond acceptors (Lipinski definition) is 36. The molecule has 4 aliphatic heterocycles. The molecule has 4 atom stereocenters. The Morgan fingerprint density at radius 1 is 0.222 bits per heavy atom. The number of nitrogens with one attached hydrogen (secondary N) is 1. The van der Waals surface area contributed by atoms with Gasteiger partial charge in [0.25, 0.3) is 0 Å². The van der Waals surface area contributed by atoms with Gasteiger partial charge < -0.3 is 102 Å². The van der Waals surface area contributed by atoms with Crippen molar-refractivity contribution in [2.24, 2.45) is 0 Å². The first-order valence-corrected chi connectivity index (χ1v) is 40.3. The van der Waals surface area contributed by atoms with Gasteiger partial charge in [-0.3, -0.25) is 141 Å². The Morgan fingerprint density at radius 3 is 0.500 bits per heavy atom. The molecule has 126 heavy (non-hydrogen) atoms. The summed E-state index contributed by atoms with van der Waals surface area (Å²) in [5, 5.41) is 170. The summed E-state index contributed by atoms with van der Waals surface area (Å²) in [5.74, 6) is -15.2. The maximum absolute atomic E-state index is 13.9. The number of carboxylic acid groups (broad SMARTS) is 13. The van der Waals surface area contributed by atoms with Crippen molar-refractivity contribution in [3.63, 3.8) is 0 Å². The minimum atomic E-state index is -1.35. The van der Waals surface area contributed by atoms with Gasteiger partial charge in [-0.1, -0.05) is 0 Å². The topological polar surface area (TPSA) is 659 Å². The summed E-state index contributed by atoms with van der Waals surface area (Å²) in [6, 6.07) is -2.82. The molecule has 0 aliphatic carbocycles. The van der Waals surface area contributed by atoms with Gasteiger partial charge in [-0.05, 0) is 0 Å². The molecule has 1 amide bonds. The number of carbonyl (C=O) groups excluding carboxylic acids is 1. The maximum Gasteiger partial charge on any atom is 3.00 e. The number of carboxylic acids is 13. The fraction of sp³-hybridized carbons (Fsp3) is 0.806. The molecule has 4 unspecified atom stereocenters. The maximum atomic E-state index is 13.9. The van der Waals surface area contributed by atoms with E-state index >= 15 is 0 Å². The van der Waals surface area contributed by atoms with Crippen molar-refractivity contribution in [1.29, 1.82) is 0 Å². The molecule has 4 rings (SSSR count). The predicted molar refractivity (Wildman–Crippen MR) is 427 cm³/mol. The Balaban J connectivity index is 0. The van der Waals surface area contributed by atoms with E-state index in [0.29, 0.717) is 26.2 Å². The van der Waals surface area contributed by atoms with Crippen LogP contribution in [0.4, 0.5) is 0 Å². The van der Waals surface area contributed by atoms with Crippen LogP contribution < -0.4 is 5.32 Å². The Labute approximate surface area is 852 Å². The van der Waals surface area contributed by atoms with E-state index in [4.69, 9.17) is 4.74 Å². The number of aliphatic hydroxyl groups is 4. The molecule has 54 heteroatoms. The van der Waals surface area contributed by atoms with Gasteiger partial charge in [-0.25, -0.2) is 4.79 Å². The van der Waals surface area contributed by atoms with Crippen LogP contribution in [0.25, 0.3) is 0 Å².